The fourth-order valence-corrected chi connectivity index (χ4v) is 1.94. The quantitative estimate of drug-likeness (QED) is 0.853. The second-order valence-electron chi connectivity index (χ2n) is 3.87. The van der Waals surface area contributed by atoms with Crippen LogP contribution in [0, 0.1) is 11.6 Å². The summed E-state index contributed by atoms with van der Waals surface area (Å²) in [6.07, 6.45) is -0.886. The van der Waals surface area contributed by atoms with Crippen LogP contribution >= 0.6 is 11.6 Å². The van der Waals surface area contributed by atoms with Crippen molar-refractivity contribution in [1.29, 1.82) is 0 Å². The maximum atomic E-state index is 13.6. The van der Waals surface area contributed by atoms with Crippen LogP contribution in [0.15, 0.2) is 18.2 Å². The van der Waals surface area contributed by atoms with Crippen LogP contribution in [0.3, 0.4) is 0 Å². The highest BCUT2D eigenvalue weighted by atomic mass is 35.5. The number of fused-ring (bicyclic) bond motifs is 1. The minimum Gasteiger partial charge on any atom is -0.465 e. The normalized spacial score (nSPS) is 10.7. The minimum atomic E-state index is -1.15. The Morgan fingerprint density at radius 3 is 2.79 bits per heavy atom. The van der Waals surface area contributed by atoms with Gasteiger partial charge in [0, 0.05) is 24.1 Å². The molecule has 0 saturated heterocycles. The van der Waals surface area contributed by atoms with Crippen LogP contribution in [0.4, 0.5) is 13.6 Å². The molecule has 0 aliphatic rings. The van der Waals surface area contributed by atoms with E-state index in [1.54, 1.807) is 0 Å². The Balaban J connectivity index is 2.35. The topological polar surface area (TPSA) is 62.2 Å². The Kier molecular flexibility index (Phi) is 3.80. The van der Waals surface area contributed by atoms with Crippen LogP contribution in [0.2, 0.25) is 5.15 Å². The van der Waals surface area contributed by atoms with Gasteiger partial charge in [0.25, 0.3) is 0 Å². The molecule has 19 heavy (non-hydrogen) atoms. The summed E-state index contributed by atoms with van der Waals surface area (Å²) in [5, 5.41) is 10.9. The molecule has 2 rings (SSSR count). The molecule has 0 fully saturated rings. The van der Waals surface area contributed by atoms with E-state index in [9.17, 15) is 13.6 Å². The van der Waals surface area contributed by atoms with Crippen molar-refractivity contribution in [2.24, 2.45) is 0 Å². The predicted octanol–water partition coefficient (Wildman–Crippen LogP) is 2.98. The maximum Gasteiger partial charge on any atom is 0.404 e. The van der Waals surface area contributed by atoms with Gasteiger partial charge >= 0.3 is 6.09 Å². The van der Waals surface area contributed by atoms with Gasteiger partial charge < -0.3 is 10.4 Å². The van der Waals surface area contributed by atoms with Gasteiger partial charge in [0.1, 0.15) is 16.8 Å². The average Bonchev–Trinajstić information content (AvgIpc) is 2.29. The number of benzene rings is 1. The van der Waals surface area contributed by atoms with Crippen molar-refractivity contribution in [2.75, 3.05) is 6.54 Å². The number of amides is 1. The van der Waals surface area contributed by atoms with Gasteiger partial charge in [-0.2, -0.15) is 0 Å². The highest BCUT2D eigenvalue weighted by Crippen LogP contribution is 2.24. The van der Waals surface area contributed by atoms with Crippen LogP contribution in [0.5, 0.6) is 0 Å². The summed E-state index contributed by atoms with van der Waals surface area (Å²) in [7, 11) is 0. The summed E-state index contributed by atoms with van der Waals surface area (Å²) >= 11 is 5.89. The van der Waals surface area contributed by atoms with Gasteiger partial charge in [0.05, 0.1) is 5.52 Å². The number of carboxylic acid groups (broad SMARTS) is 1. The molecular formula is C12H9ClF2N2O2. The Morgan fingerprint density at radius 1 is 1.37 bits per heavy atom. The second kappa shape index (κ2) is 5.36. The molecule has 2 N–H and O–H groups in total. The van der Waals surface area contributed by atoms with Crippen molar-refractivity contribution >= 4 is 28.6 Å². The maximum absolute atomic E-state index is 13.6. The number of nitrogens with one attached hydrogen (secondary N) is 1. The number of halogens is 3. The molecule has 0 spiro atoms. The van der Waals surface area contributed by atoms with Crippen LogP contribution in [0.25, 0.3) is 10.9 Å². The van der Waals surface area contributed by atoms with E-state index in [-0.39, 0.29) is 29.0 Å². The van der Waals surface area contributed by atoms with E-state index >= 15 is 0 Å². The number of hydrogen-bond donors (Lipinski definition) is 2. The minimum absolute atomic E-state index is 0.102. The molecule has 0 bridgehead atoms. The van der Waals surface area contributed by atoms with Gasteiger partial charge in [-0.25, -0.2) is 18.6 Å². The Labute approximate surface area is 112 Å². The van der Waals surface area contributed by atoms with Crippen molar-refractivity contribution < 1.29 is 18.7 Å². The van der Waals surface area contributed by atoms with E-state index in [0.29, 0.717) is 5.56 Å². The number of nitrogens with zero attached hydrogens (tertiary/aromatic N) is 1. The van der Waals surface area contributed by atoms with Gasteiger partial charge in [-0.15, -0.1) is 0 Å². The molecule has 0 radical (unpaired) electrons. The molecule has 0 unspecified atom stereocenters. The molecule has 0 saturated carbocycles. The van der Waals surface area contributed by atoms with Crippen molar-refractivity contribution in [3.8, 4) is 0 Å². The smallest absolute Gasteiger partial charge is 0.404 e. The fraction of sp³-hybridized carbons (Fsp3) is 0.167. The zero-order chi connectivity index (χ0) is 14.0. The summed E-state index contributed by atoms with van der Waals surface area (Å²) in [5.41, 5.74) is 0.617. The molecule has 1 heterocycles. The Hall–Kier alpha value is -1.95. The summed E-state index contributed by atoms with van der Waals surface area (Å²) in [4.78, 5) is 14.2. The van der Waals surface area contributed by atoms with Crippen molar-refractivity contribution in [2.45, 2.75) is 6.42 Å². The van der Waals surface area contributed by atoms with Gasteiger partial charge in [0.15, 0.2) is 0 Å². The third kappa shape index (κ3) is 3.08. The molecule has 4 nitrogen and oxygen atoms in total. The van der Waals surface area contributed by atoms with E-state index in [4.69, 9.17) is 16.7 Å². The van der Waals surface area contributed by atoms with Gasteiger partial charge in [-0.1, -0.05) is 11.6 Å². The summed E-state index contributed by atoms with van der Waals surface area (Å²) < 4.78 is 26.6. The molecule has 100 valence electrons. The highest BCUT2D eigenvalue weighted by molar-refractivity contribution is 6.30. The molecule has 0 aliphatic heterocycles. The van der Waals surface area contributed by atoms with Gasteiger partial charge in [-0.05, 0) is 18.1 Å². The lowest BCUT2D eigenvalue weighted by Crippen LogP contribution is -2.23. The highest BCUT2D eigenvalue weighted by Gasteiger charge is 2.10. The summed E-state index contributed by atoms with van der Waals surface area (Å²) in [6.45, 7) is 0.130. The third-order valence-electron chi connectivity index (χ3n) is 2.55. The first-order valence-electron chi connectivity index (χ1n) is 5.38. The van der Waals surface area contributed by atoms with Crippen molar-refractivity contribution in [3.63, 3.8) is 0 Å². The van der Waals surface area contributed by atoms with Crippen LogP contribution in [-0.4, -0.2) is 22.7 Å². The molecule has 1 aromatic carbocycles. The number of pyridine rings is 1. The Morgan fingerprint density at radius 2 is 2.11 bits per heavy atom. The molecule has 0 atom stereocenters. The number of hydrogen-bond acceptors (Lipinski definition) is 2. The van der Waals surface area contributed by atoms with Crippen LogP contribution in [-0.2, 0) is 6.42 Å². The third-order valence-corrected chi connectivity index (χ3v) is 2.87. The van der Waals surface area contributed by atoms with Crippen LogP contribution < -0.4 is 5.32 Å². The molecule has 0 aliphatic carbocycles. The lowest BCUT2D eigenvalue weighted by molar-refractivity contribution is 0.194. The monoisotopic (exact) mass is 286 g/mol. The lowest BCUT2D eigenvalue weighted by atomic mass is 10.1. The van der Waals surface area contributed by atoms with Crippen molar-refractivity contribution in [3.05, 3.63) is 40.6 Å². The van der Waals surface area contributed by atoms with Crippen LogP contribution in [0.1, 0.15) is 5.56 Å². The molecular weight excluding hydrogens is 278 g/mol. The van der Waals surface area contributed by atoms with E-state index in [2.05, 4.69) is 10.3 Å². The van der Waals surface area contributed by atoms with E-state index < -0.39 is 17.7 Å². The van der Waals surface area contributed by atoms with Gasteiger partial charge in [0.2, 0.25) is 0 Å². The van der Waals surface area contributed by atoms with E-state index in [1.165, 1.54) is 6.07 Å². The average molecular weight is 287 g/mol. The molecule has 1 amide bonds. The van der Waals surface area contributed by atoms with Gasteiger partial charge in [-0.3, -0.25) is 0 Å². The second-order valence-corrected chi connectivity index (χ2v) is 4.23. The first-order valence-corrected chi connectivity index (χ1v) is 5.76. The molecule has 2 aromatic rings. The fourth-order valence-electron chi connectivity index (χ4n) is 1.70. The van der Waals surface area contributed by atoms with E-state index in [0.717, 1.165) is 12.1 Å². The number of carbonyl (C=O) groups is 1. The zero-order valence-electron chi connectivity index (χ0n) is 9.58. The largest absolute Gasteiger partial charge is 0.465 e. The first-order chi connectivity index (χ1) is 8.97. The predicted molar refractivity (Wildman–Crippen MR) is 66.4 cm³/mol. The standard InChI is InChI=1S/C12H9ClF2N2O2/c13-11-6(1-2-16-12(18)19)3-8-9(15)4-7(14)5-10(8)17-11/h3-5,16H,1-2H2,(H,18,19). The van der Waals surface area contributed by atoms with E-state index in [1.807, 2.05) is 0 Å². The number of aromatic nitrogens is 1. The molecule has 1 aromatic heterocycles. The number of rotatable bonds is 3. The zero-order valence-corrected chi connectivity index (χ0v) is 10.3. The lowest BCUT2D eigenvalue weighted by Gasteiger charge is -2.07. The molecule has 7 heteroatoms. The summed E-state index contributed by atoms with van der Waals surface area (Å²) in [5.74, 6) is -1.46. The SMILES string of the molecule is O=C(O)NCCc1cc2c(F)cc(F)cc2nc1Cl. The van der Waals surface area contributed by atoms with Crippen molar-refractivity contribution in [1.82, 2.24) is 10.3 Å². The summed E-state index contributed by atoms with van der Waals surface area (Å²) in [6, 6.07) is 3.30. The Bertz CT molecular complexity index is 649. The first kappa shape index (κ1) is 13.5.